The summed E-state index contributed by atoms with van der Waals surface area (Å²) >= 11 is 0. The Kier molecular flexibility index (Phi) is 4.78. The summed E-state index contributed by atoms with van der Waals surface area (Å²) in [6.45, 7) is 3.27. The van der Waals surface area contributed by atoms with Gasteiger partial charge < -0.3 is 10.4 Å². The van der Waals surface area contributed by atoms with Crippen molar-refractivity contribution in [3.05, 3.63) is 71.3 Å². The maximum absolute atomic E-state index is 13.4. The number of nitrogens with zero attached hydrogens (tertiary/aromatic N) is 1. The predicted octanol–water partition coefficient (Wildman–Crippen LogP) is 3.10. The third kappa shape index (κ3) is 3.27. The smallest absolute Gasteiger partial charge is 0.123 e. The number of aliphatic hydroxyl groups excluding tert-OH is 1. The summed E-state index contributed by atoms with van der Waals surface area (Å²) in [5, 5.41) is 14.0. The van der Waals surface area contributed by atoms with Crippen LogP contribution in [0.2, 0.25) is 0 Å². The van der Waals surface area contributed by atoms with Crippen LogP contribution in [0.5, 0.6) is 0 Å². The second-order valence-corrected chi connectivity index (χ2v) is 7.57. The second kappa shape index (κ2) is 7.06. The fraction of sp³-hybridized carbons (Fsp3) is 0.429. The van der Waals surface area contributed by atoms with Crippen LogP contribution in [-0.4, -0.2) is 42.3 Å². The van der Waals surface area contributed by atoms with E-state index < -0.39 is 0 Å². The quantitative estimate of drug-likeness (QED) is 0.885. The molecule has 2 aliphatic heterocycles. The molecule has 0 aliphatic carbocycles. The Labute approximate surface area is 152 Å². The second-order valence-electron chi connectivity index (χ2n) is 7.57. The molecule has 2 aromatic carbocycles. The van der Waals surface area contributed by atoms with Crippen LogP contribution < -0.4 is 5.32 Å². The van der Waals surface area contributed by atoms with Crippen molar-refractivity contribution in [1.82, 2.24) is 10.2 Å². The van der Waals surface area contributed by atoms with E-state index in [1.807, 2.05) is 0 Å². The van der Waals surface area contributed by atoms with Gasteiger partial charge in [-0.1, -0.05) is 24.3 Å². The number of aliphatic hydroxyl groups is 1. The van der Waals surface area contributed by atoms with Gasteiger partial charge in [0.15, 0.2) is 0 Å². The molecule has 2 fully saturated rings. The van der Waals surface area contributed by atoms with Gasteiger partial charge in [-0.2, -0.15) is 0 Å². The Balaban J connectivity index is 1.67. The Bertz CT molecular complexity index is 704. The monoisotopic (exact) mass is 358 g/mol. The van der Waals surface area contributed by atoms with Crippen molar-refractivity contribution >= 4 is 0 Å². The van der Waals surface area contributed by atoms with Crippen LogP contribution in [0.3, 0.4) is 0 Å². The first-order valence-electron chi connectivity index (χ1n) is 9.21. The van der Waals surface area contributed by atoms with Crippen molar-refractivity contribution in [3.8, 4) is 0 Å². The van der Waals surface area contributed by atoms with Gasteiger partial charge in [0.05, 0.1) is 12.1 Å². The van der Waals surface area contributed by atoms with Crippen LogP contribution in [-0.2, 0) is 0 Å². The van der Waals surface area contributed by atoms with E-state index in [4.69, 9.17) is 0 Å². The van der Waals surface area contributed by atoms with Crippen molar-refractivity contribution in [2.45, 2.75) is 25.0 Å². The number of hydrogen-bond acceptors (Lipinski definition) is 3. The third-order valence-electron chi connectivity index (χ3n) is 5.93. The molecule has 3 nitrogen and oxygen atoms in total. The van der Waals surface area contributed by atoms with Gasteiger partial charge >= 0.3 is 0 Å². The molecule has 0 unspecified atom stereocenters. The van der Waals surface area contributed by atoms with Gasteiger partial charge in [-0.05, 0) is 61.3 Å². The molecule has 2 N–H and O–H groups in total. The summed E-state index contributed by atoms with van der Waals surface area (Å²) < 4.78 is 26.8. The molecule has 2 aliphatic rings. The van der Waals surface area contributed by atoms with E-state index in [2.05, 4.69) is 10.2 Å². The molecular formula is C21H24F2N2O. The average molecular weight is 358 g/mol. The molecule has 2 atom stereocenters. The molecule has 138 valence electrons. The predicted molar refractivity (Wildman–Crippen MR) is 96.8 cm³/mol. The van der Waals surface area contributed by atoms with Gasteiger partial charge in [0.2, 0.25) is 0 Å². The van der Waals surface area contributed by atoms with Gasteiger partial charge in [-0.25, -0.2) is 8.78 Å². The molecule has 0 bridgehead atoms. The van der Waals surface area contributed by atoms with Crippen molar-refractivity contribution in [1.29, 1.82) is 0 Å². The van der Waals surface area contributed by atoms with Crippen molar-refractivity contribution in [3.63, 3.8) is 0 Å². The average Bonchev–Trinajstić information content (AvgIpc) is 3.06. The Morgan fingerprint density at radius 2 is 1.58 bits per heavy atom. The minimum absolute atomic E-state index is 0.0790. The summed E-state index contributed by atoms with van der Waals surface area (Å²) in [4.78, 5) is 2.33. The maximum atomic E-state index is 13.4. The molecule has 5 heteroatoms. The van der Waals surface area contributed by atoms with E-state index in [-0.39, 0.29) is 29.2 Å². The molecule has 1 spiro atoms. The largest absolute Gasteiger partial charge is 0.392 e. The van der Waals surface area contributed by atoms with E-state index in [1.54, 1.807) is 24.3 Å². The van der Waals surface area contributed by atoms with Gasteiger partial charge in [0.1, 0.15) is 11.6 Å². The standard InChI is InChI=1S/C21H24F2N2O/c22-17-5-1-15(2-6-17)20(16-3-7-18(23)8-4-16)25-12-10-21(14-25)13-24-11-9-19(21)26/h1-8,19-20,24,26H,9-14H2/t19-,21-/m0/s1. The lowest BCUT2D eigenvalue weighted by Crippen LogP contribution is -2.51. The summed E-state index contributed by atoms with van der Waals surface area (Å²) in [6, 6.07) is 13.0. The highest BCUT2D eigenvalue weighted by Gasteiger charge is 2.47. The summed E-state index contributed by atoms with van der Waals surface area (Å²) in [7, 11) is 0. The number of benzene rings is 2. The van der Waals surface area contributed by atoms with Crippen LogP contribution in [0, 0.1) is 17.0 Å². The molecule has 0 aromatic heterocycles. The van der Waals surface area contributed by atoms with E-state index in [9.17, 15) is 13.9 Å². The highest BCUT2D eigenvalue weighted by Crippen LogP contribution is 2.42. The number of hydrogen-bond donors (Lipinski definition) is 2. The minimum atomic E-state index is -0.309. The Hall–Kier alpha value is -1.82. The fourth-order valence-electron chi connectivity index (χ4n) is 4.47. The normalized spacial score (nSPS) is 26.7. The van der Waals surface area contributed by atoms with Crippen LogP contribution in [0.15, 0.2) is 48.5 Å². The number of piperidine rings is 1. The van der Waals surface area contributed by atoms with Gasteiger partial charge in [0, 0.05) is 18.5 Å². The lowest BCUT2D eigenvalue weighted by molar-refractivity contribution is 0.00380. The molecule has 0 saturated carbocycles. The molecule has 4 rings (SSSR count). The molecule has 2 aromatic rings. The zero-order chi connectivity index (χ0) is 18.1. The minimum Gasteiger partial charge on any atom is -0.392 e. The summed E-state index contributed by atoms with van der Waals surface area (Å²) in [5.41, 5.74) is 1.82. The van der Waals surface area contributed by atoms with Crippen molar-refractivity contribution in [2.75, 3.05) is 26.2 Å². The fourth-order valence-corrected chi connectivity index (χ4v) is 4.47. The molecule has 2 saturated heterocycles. The molecule has 26 heavy (non-hydrogen) atoms. The first kappa shape index (κ1) is 17.6. The summed E-state index contributed by atoms with van der Waals surface area (Å²) in [5.74, 6) is -0.534. The van der Waals surface area contributed by atoms with E-state index in [0.717, 1.165) is 50.1 Å². The maximum Gasteiger partial charge on any atom is 0.123 e. The van der Waals surface area contributed by atoms with Crippen LogP contribution in [0.1, 0.15) is 30.0 Å². The van der Waals surface area contributed by atoms with E-state index >= 15 is 0 Å². The number of nitrogens with one attached hydrogen (secondary N) is 1. The number of rotatable bonds is 3. The molecule has 0 amide bonds. The third-order valence-corrected chi connectivity index (χ3v) is 5.93. The first-order valence-corrected chi connectivity index (χ1v) is 9.21. The molecule has 0 radical (unpaired) electrons. The van der Waals surface area contributed by atoms with E-state index in [0.29, 0.717) is 0 Å². The zero-order valence-corrected chi connectivity index (χ0v) is 14.7. The van der Waals surface area contributed by atoms with Crippen molar-refractivity contribution < 1.29 is 13.9 Å². The first-order chi connectivity index (χ1) is 12.6. The topological polar surface area (TPSA) is 35.5 Å². The van der Waals surface area contributed by atoms with Crippen LogP contribution >= 0.6 is 0 Å². The Morgan fingerprint density at radius 3 is 2.12 bits per heavy atom. The van der Waals surface area contributed by atoms with E-state index in [1.165, 1.54) is 24.3 Å². The van der Waals surface area contributed by atoms with Gasteiger partial charge in [-0.15, -0.1) is 0 Å². The van der Waals surface area contributed by atoms with Crippen molar-refractivity contribution in [2.24, 2.45) is 5.41 Å². The lowest BCUT2D eigenvalue weighted by atomic mass is 9.77. The SMILES string of the molecule is O[C@H]1CCNC[C@]12CCN(C(c1ccc(F)cc1)c1ccc(F)cc1)C2. The Morgan fingerprint density at radius 1 is 1.00 bits per heavy atom. The molecule has 2 heterocycles. The molecular weight excluding hydrogens is 334 g/mol. The highest BCUT2D eigenvalue weighted by molar-refractivity contribution is 5.33. The number of halogens is 2. The number of likely N-dealkylation sites (tertiary alicyclic amines) is 1. The van der Waals surface area contributed by atoms with Crippen LogP contribution in [0.25, 0.3) is 0 Å². The summed E-state index contributed by atoms with van der Waals surface area (Å²) in [6.07, 6.45) is 1.38. The highest BCUT2D eigenvalue weighted by atomic mass is 19.1. The zero-order valence-electron chi connectivity index (χ0n) is 14.7. The lowest BCUT2D eigenvalue weighted by Gasteiger charge is -2.39. The van der Waals surface area contributed by atoms with Gasteiger partial charge in [0.25, 0.3) is 0 Å². The van der Waals surface area contributed by atoms with Gasteiger partial charge in [-0.3, -0.25) is 4.90 Å². The van der Waals surface area contributed by atoms with Crippen LogP contribution in [0.4, 0.5) is 8.78 Å².